The third kappa shape index (κ3) is 2.16. The van der Waals surface area contributed by atoms with E-state index in [-0.39, 0.29) is 0 Å². The highest BCUT2D eigenvalue weighted by molar-refractivity contribution is 5.72. The van der Waals surface area contributed by atoms with Gasteiger partial charge in [-0.2, -0.15) is 0 Å². The molecular weight excluding hydrogens is 196 g/mol. The van der Waals surface area contributed by atoms with Gasteiger partial charge in [0, 0.05) is 5.69 Å². The summed E-state index contributed by atoms with van der Waals surface area (Å²) in [5, 5.41) is 3.32. The normalized spacial score (nSPS) is 10.1. The van der Waals surface area contributed by atoms with Crippen LogP contribution in [-0.4, -0.2) is 0 Å². The SMILES string of the molecule is Cc1ccc(Nc2ccccc2N)cc1C. The fourth-order valence-electron chi connectivity index (χ4n) is 1.59. The van der Waals surface area contributed by atoms with Crippen molar-refractivity contribution in [2.24, 2.45) is 0 Å². The first-order valence-corrected chi connectivity index (χ1v) is 5.35. The number of hydrogen-bond donors (Lipinski definition) is 2. The van der Waals surface area contributed by atoms with Crippen LogP contribution in [0.2, 0.25) is 0 Å². The third-order valence-corrected chi connectivity index (χ3v) is 2.75. The summed E-state index contributed by atoms with van der Waals surface area (Å²) in [7, 11) is 0. The van der Waals surface area contributed by atoms with Crippen molar-refractivity contribution in [3.05, 3.63) is 53.6 Å². The van der Waals surface area contributed by atoms with Crippen molar-refractivity contribution >= 4 is 17.1 Å². The third-order valence-electron chi connectivity index (χ3n) is 2.75. The second-order valence-corrected chi connectivity index (χ2v) is 4.01. The van der Waals surface area contributed by atoms with E-state index in [1.54, 1.807) is 0 Å². The molecule has 0 spiro atoms. The van der Waals surface area contributed by atoms with Crippen molar-refractivity contribution in [3.63, 3.8) is 0 Å². The first-order valence-electron chi connectivity index (χ1n) is 5.35. The zero-order valence-corrected chi connectivity index (χ0v) is 9.62. The highest BCUT2D eigenvalue weighted by atomic mass is 14.9. The van der Waals surface area contributed by atoms with E-state index in [1.165, 1.54) is 11.1 Å². The van der Waals surface area contributed by atoms with E-state index in [4.69, 9.17) is 5.73 Å². The topological polar surface area (TPSA) is 38.0 Å². The molecule has 16 heavy (non-hydrogen) atoms. The minimum Gasteiger partial charge on any atom is -0.397 e. The highest BCUT2D eigenvalue weighted by Crippen LogP contribution is 2.23. The van der Waals surface area contributed by atoms with Gasteiger partial charge in [-0.15, -0.1) is 0 Å². The van der Waals surface area contributed by atoms with Gasteiger partial charge in [0.05, 0.1) is 11.4 Å². The van der Waals surface area contributed by atoms with Crippen molar-refractivity contribution in [2.45, 2.75) is 13.8 Å². The molecule has 0 unspecified atom stereocenters. The number of benzene rings is 2. The lowest BCUT2D eigenvalue weighted by atomic mass is 10.1. The van der Waals surface area contributed by atoms with Gasteiger partial charge in [0.2, 0.25) is 0 Å². The van der Waals surface area contributed by atoms with E-state index in [0.717, 1.165) is 17.1 Å². The van der Waals surface area contributed by atoms with E-state index in [1.807, 2.05) is 24.3 Å². The zero-order valence-electron chi connectivity index (χ0n) is 9.62. The second-order valence-electron chi connectivity index (χ2n) is 4.01. The Hall–Kier alpha value is -1.96. The minimum absolute atomic E-state index is 0.765. The molecule has 0 aliphatic rings. The average Bonchev–Trinajstić information content (AvgIpc) is 2.27. The Balaban J connectivity index is 2.28. The van der Waals surface area contributed by atoms with E-state index >= 15 is 0 Å². The van der Waals surface area contributed by atoms with Gasteiger partial charge in [-0.25, -0.2) is 0 Å². The van der Waals surface area contributed by atoms with Crippen molar-refractivity contribution in [2.75, 3.05) is 11.1 Å². The first-order chi connectivity index (χ1) is 7.66. The van der Waals surface area contributed by atoms with Gasteiger partial charge < -0.3 is 11.1 Å². The van der Waals surface area contributed by atoms with Crippen LogP contribution in [0.5, 0.6) is 0 Å². The molecule has 82 valence electrons. The molecule has 3 N–H and O–H groups in total. The predicted octanol–water partition coefficient (Wildman–Crippen LogP) is 3.63. The number of para-hydroxylation sites is 2. The number of aryl methyl sites for hydroxylation is 2. The molecule has 0 aromatic heterocycles. The van der Waals surface area contributed by atoms with Gasteiger partial charge >= 0.3 is 0 Å². The van der Waals surface area contributed by atoms with Crippen LogP contribution in [0.15, 0.2) is 42.5 Å². The van der Waals surface area contributed by atoms with E-state index in [0.29, 0.717) is 0 Å². The van der Waals surface area contributed by atoms with Crippen LogP contribution in [0.3, 0.4) is 0 Å². The number of hydrogen-bond acceptors (Lipinski definition) is 2. The molecule has 0 aliphatic carbocycles. The molecule has 0 fully saturated rings. The Morgan fingerprint density at radius 3 is 2.38 bits per heavy atom. The van der Waals surface area contributed by atoms with Crippen LogP contribution in [0, 0.1) is 13.8 Å². The molecular formula is C14H16N2. The van der Waals surface area contributed by atoms with Gasteiger partial charge in [0.25, 0.3) is 0 Å². The molecule has 0 saturated heterocycles. The number of rotatable bonds is 2. The van der Waals surface area contributed by atoms with Crippen molar-refractivity contribution in [3.8, 4) is 0 Å². The minimum atomic E-state index is 0.765. The maximum absolute atomic E-state index is 5.87. The molecule has 0 bridgehead atoms. The van der Waals surface area contributed by atoms with Gasteiger partial charge in [0.15, 0.2) is 0 Å². The quantitative estimate of drug-likeness (QED) is 0.746. The molecule has 0 radical (unpaired) electrons. The van der Waals surface area contributed by atoms with E-state index in [9.17, 15) is 0 Å². The molecule has 2 aromatic carbocycles. The van der Waals surface area contributed by atoms with Crippen LogP contribution < -0.4 is 11.1 Å². The largest absolute Gasteiger partial charge is 0.397 e. The molecule has 2 aromatic rings. The first kappa shape index (κ1) is 10.6. The molecule has 2 nitrogen and oxygen atoms in total. The number of nitrogens with two attached hydrogens (primary N) is 1. The Morgan fingerprint density at radius 2 is 1.69 bits per heavy atom. The fourth-order valence-corrected chi connectivity index (χ4v) is 1.59. The van der Waals surface area contributed by atoms with Gasteiger partial charge in [-0.3, -0.25) is 0 Å². The predicted molar refractivity (Wildman–Crippen MR) is 70.1 cm³/mol. The van der Waals surface area contributed by atoms with E-state index in [2.05, 4.69) is 37.4 Å². The molecule has 0 aliphatic heterocycles. The Kier molecular flexibility index (Phi) is 2.82. The van der Waals surface area contributed by atoms with Gasteiger partial charge in [-0.1, -0.05) is 18.2 Å². The molecule has 0 heterocycles. The van der Waals surface area contributed by atoms with Crippen LogP contribution in [-0.2, 0) is 0 Å². The summed E-state index contributed by atoms with van der Waals surface area (Å²) < 4.78 is 0. The van der Waals surface area contributed by atoms with Gasteiger partial charge in [0.1, 0.15) is 0 Å². The summed E-state index contributed by atoms with van der Waals surface area (Å²) in [5.74, 6) is 0. The second kappa shape index (κ2) is 4.27. The Labute approximate surface area is 96.1 Å². The van der Waals surface area contributed by atoms with Gasteiger partial charge in [-0.05, 0) is 49.2 Å². The molecule has 2 rings (SSSR count). The zero-order chi connectivity index (χ0) is 11.5. The molecule has 0 saturated carbocycles. The Bertz CT molecular complexity index is 504. The molecule has 2 heteroatoms. The number of anilines is 3. The standard InChI is InChI=1S/C14H16N2/c1-10-7-8-12(9-11(10)2)16-14-6-4-3-5-13(14)15/h3-9,16H,15H2,1-2H3. The van der Waals surface area contributed by atoms with Crippen LogP contribution >= 0.6 is 0 Å². The smallest absolute Gasteiger partial charge is 0.0617 e. The summed E-state index contributed by atoms with van der Waals surface area (Å²) in [5.41, 5.74) is 11.2. The molecule has 0 amide bonds. The van der Waals surface area contributed by atoms with Crippen LogP contribution in [0.4, 0.5) is 17.1 Å². The highest BCUT2D eigenvalue weighted by Gasteiger charge is 1.99. The summed E-state index contributed by atoms with van der Waals surface area (Å²) in [6.07, 6.45) is 0. The monoisotopic (exact) mass is 212 g/mol. The summed E-state index contributed by atoms with van der Waals surface area (Å²) in [6.45, 7) is 4.21. The maximum atomic E-state index is 5.87. The van der Waals surface area contributed by atoms with Crippen LogP contribution in [0.25, 0.3) is 0 Å². The lowest BCUT2D eigenvalue weighted by Gasteiger charge is -2.10. The van der Waals surface area contributed by atoms with Crippen molar-refractivity contribution < 1.29 is 0 Å². The summed E-state index contributed by atoms with van der Waals surface area (Å²) >= 11 is 0. The van der Waals surface area contributed by atoms with Crippen molar-refractivity contribution in [1.82, 2.24) is 0 Å². The lowest BCUT2D eigenvalue weighted by molar-refractivity contribution is 1.34. The fraction of sp³-hybridized carbons (Fsp3) is 0.143. The Morgan fingerprint density at radius 1 is 0.938 bits per heavy atom. The number of nitrogens with one attached hydrogen (secondary N) is 1. The molecule has 0 atom stereocenters. The van der Waals surface area contributed by atoms with E-state index < -0.39 is 0 Å². The van der Waals surface area contributed by atoms with Crippen molar-refractivity contribution in [1.29, 1.82) is 0 Å². The number of nitrogen functional groups attached to an aromatic ring is 1. The summed E-state index contributed by atoms with van der Waals surface area (Å²) in [4.78, 5) is 0. The summed E-state index contributed by atoms with van der Waals surface area (Å²) in [6, 6.07) is 14.1. The maximum Gasteiger partial charge on any atom is 0.0617 e. The lowest BCUT2D eigenvalue weighted by Crippen LogP contribution is -1.96. The average molecular weight is 212 g/mol. The van der Waals surface area contributed by atoms with Crippen LogP contribution in [0.1, 0.15) is 11.1 Å².